The molecule has 0 spiro atoms. The van der Waals surface area contributed by atoms with E-state index in [-0.39, 0.29) is 12.5 Å². The number of rotatable bonds is 7. The highest BCUT2D eigenvalue weighted by molar-refractivity contribution is 6.32. The third-order valence-corrected chi connectivity index (χ3v) is 6.46. The molecule has 0 atom stereocenters. The molecular formula is C23H28ClN9O. The normalized spacial score (nSPS) is 16.9. The predicted octanol–water partition coefficient (Wildman–Crippen LogP) is 1.89. The number of anilines is 3. The molecule has 2 aliphatic heterocycles. The molecular weight excluding hydrogens is 454 g/mol. The molecule has 2 aromatic heterocycles. The van der Waals surface area contributed by atoms with Gasteiger partial charge >= 0.3 is 0 Å². The second-order valence-corrected chi connectivity index (χ2v) is 9.00. The Balaban J connectivity index is 1.45. The second-order valence-electron chi connectivity index (χ2n) is 8.65. The number of hydrogen-bond acceptors (Lipinski definition) is 9. The first-order chi connectivity index (χ1) is 16.6. The molecule has 0 aliphatic carbocycles. The van der Waals surface area contributed by atoms with Crippen LogP contribution >= 0.6 is 11.6 Å². The Morgan fingerprint density at radius 1 is 0.941 bits per heavy atom. The van der Waals surface area contributed by atoms with E-state index in [2.05, 4.69) is 20.1 Å². The summed E-state index contributed by atoms with van der Waals surface area (Å²) in [5.41, 5.74) is 7.61. The van der Waals surface area contributed by atoms with E-state index >= 15 is 0 Å². The highest BCUT2D eigenvalue weighted by Crippen LogP contribution is 2.30. The van der Waals surface area contributed by atoms with Gasteiger partial charge in [0.15, 0.2) is 28.0 Å². The smallest absolute Gasteiger partial charge is 0.231 e. The fraction of sp³-hybridized carbons (Fsp3) is 0.435. The summed E-state index contributed by atoms with van der Waals surface area (Å²) in [6, 6.07) is 10.1. The third kappa shape index (κ3) is 4.97. The molecule has 2 aliphatic rings. The van der Waals surface area contributed by atoms with E-state index in [1.165, 1.54) is 0 Å². The van der Waals surface area contributed by atoms with Crippen LogP contribution in [0.1, 0.15) is 18.4 Å². The number of fused-ring (bicyclic) bond motifs is 1. The fourth-order valence-electron chi connectivity index (χ4n) is 4.41. The molecule has 10 nitrogen and oxygen atoms in total. The molecule has 0 saturated carbocycles. The predicted molar refractivity (Wildman–Crippen MR) is 133 cm³/mol. The van der Waals surface area contributed by atoms with E-state index in [1.807, 2.05) is 35.2 Å². The first kappa shape index (κ1) is 22.5. The van der Waals surface area contributed by atoms with Crippen molar-refractivity contribution in [3.8, 4) is 0 Å². The molecule has 5 rings (SSSR count). The lowest BCUT2D eigenvalue weighted by molar-refractivity contribution is -0.119. The van der Waals surface area contributed by atoms with Crippen molar-refractivity contribution >= 4 is 46.3 Å². The number of nitrogens with zero attached hydrogens (tertiary/aromatic N) is 7. The number of nitrogens with two attached hydrogens (primary N) is 1. The van der Waals surface area contributed by atoms with Crippen molar-refractivity contribution in [3.63, 3.8) is 0 Å². The summed E-state index contributed by atoms with van der Waals surface area (Å²) >= 11 is 6.53. The summed E-state index contributed by atoms with van der Waals surface area (Å²) in [5, 5.41) is 3.60. The standard InChI is InChI=1S/C23H28ClN9O/c24-19-21(26-14-16-6-2-1-3-7-16)28-20-18(27-19)22(32-8-4-5-9-32)30-23(29-20)33-12-10-31(11-13-33)15-17(25)34/h1-3,6-7H,4-5,8-15H2,(H2,25,34)(H,26,28,29,30). The average Bonchev–Trinajstić information content (AvgIpc) is 3.38. The van der Waals surface area contributed by atoms with Crippen LogP contribution in [0.2, 0.25) is 5.15 Å². The zero-order valence-electron chi connectivity index (χ0n) is 19.0. The molecule has 4 heterocycles. The van der Waals surface area contributed by atoms with Crippen molar-refractivity contribution in [1.82, 2.24) is 24.8 Å². The molecule has 34 heavy (non-hydrogen) atoms. The topological polar surface area (TPSA) is 116 Å². The molecule has 0 unspecified atom stereocenters. The van der Waals surface area contributed by atoms with Crippen LogP contribution < -0.4 is 20.9 Å². The largest absolute Gasteiger partial charge is 0.369 e. The van der Waals surface area contributed by atoms with Crippen LogP contribution in [0.4, 0.5) is 17.6 Å². The lowest BCUT2D eigenvalue weighted by atomic mass is 10.2. The van der Waals surface area contributed by atoms with Gasteiger partial charge in [-0.05, 0) is 18.4 Å². The van der Waals surface area contributed by atoms with Crippen molar-refractivity contribution in [2.24, 2.45) is 5.73 Å². The van der Waals surface area contributed by atoms with Gasteiger partial charge in [-0.15, -0.1) is 0 Å². The maximum absolute atomic E-state index is 11.3. The van der Waals surface area contributed by atoms with Crippen molar-refractivity contribution in [2.75, 3.05) is 60.9 Å². The number of benzene rings is 1. The van der Waals surface area contributed by atoms with Crippen LogP contribution in [0.5, 0.6) is 0 Å². The van der Waals surface area contributed by atoms with Crippen LogP contribution in [0.25, 0.3) is 11.2 Å². The summed E-state index contributed by atoms with van der Waals surface area (Å²) in [7, 11) is 0. The number of amides is 1. The molecule has 11 heteroatoms. The molecule has 178 valence electrons. The van der Waals surface area contributed by atoms with Crippen molar-refractivity contribution in [1.29, 1.82) is 0 Å². The van der Waals surface area contributed by atoms with Crippen LogP contribution in [0.15, 0.2) is 30.3 Å². The second kappa shape index (κ2) is 9.94. The minimum Gasteiger partial charge on any atom is -0.369 e. The van der Waals surface area contributed by atoms with Crippen molar-refractivity contribution in [3.05, 3.63) is 41.0 Å². The van der Waals surface area contributed by atoms with Gasteiger partial charge in [0.2, 0.25) is 11.9 Å². The number of aromatic nitrogens is 4. The minimum absolute atomic E-state index is 0.270. The quantitative estimate of drug-likeness (QED) is 0.521. The Bertz CT molecular complexity index is 1160. The molecule has 3 N–H and O–H groups in total. The number of carbonyl (C=O) groups is 1. The average molecular weight is 482 g/mol. The van der Waals surface area contributed by atoms with Crippen LogP contribution in [0.3, 0.4) is 0 Å². The summed E-state index contributed by atoms with van der Waals surface area (Å²) < 4.78 is 0. The number of carbonyl (C=O) groups excluding carboxylic acids is 1. The van der Waals surface area contributed by atoms with E-state index in [9.17, 15) is 4.79 Å². The van der Waals surface area contributed by atoms with Gasteiger partial charge in [0.25, 0.3) is 0 Å². The van der Waals surface area contributed by atoms with Crippen LogP contribution in [-0.2, 0) is 11.3 Å². The zero-order valence-corrected chi connectivity index (χ0v) is 19.7. The van der Waals surface area contributed by atoms with Gasteiger partial charge in [0.05, 0.1) is 6.54 Å². The van der Waals surface area contributed by atoms with E-state index in [4.69, 9.17) is 32.3 Å². The highest BCUT2D eigenvalue weighted by Gasteiger charge is 2.25. The molecule has 2 fully saturated rings. The lowest BCUT2D eigenvalue weighted by Gasteiger charge is -2.34. The van der Waals surface area contributed by atoms with Gasteiger partial charge in [-0.25, -0.2) is 9.97 Å². The Labute approximate surface area is 203 Å². The monoisotopic (exact) mass is 481 g/mol. The summed E-state index contributed by atoms with van der Waals surface area (Å²) in [6.07, 6.45) is 2.23. The zero-order chi connectivity index (χ0) is 23.5. The Morgan fingerprint density at radius 2 is 1.68 bits per heavy atom. The molecule has 1 aromatic carbocycles. The number of nitrogens with one attached hydrogen (secondary N) is 1. The Kier molecular flexibility index (Phi) is 6.59. The molecule has 2 saturated heterocycles. The fourth-order valence-corrected chi connectivity index (χ4v) is 4.61. The maximum Gasteiger partial charge on any atom is 0.231 e. The summed E-state index contributed by atoms with van der Waals surface area (Å²) in [4.78, 5) is 36.8. The number of primary amides is 1. The maximum atomic E-state index is 11.3. The van der Waals surface area contributed by atoms with Gasteiger partial charge in [-0.1, -0.05) is 41.9 Å². The van der Waals surface area contributed by atoms with Crippen LogP contribution in [0, 0.1) is 0 Å². The van der Waals surface area contributed by atoms with Gasteiger partial charge in [-0.2, -0.15) is 9.97 Å². The number of piperazine rings is 1. The molecule has 0 bridgehead atoms. The summed E-state index contributed by atoms with van der Waals surface area (Å²) in [5.74, 6) is 1.59. The summed E-state index contributed by atoms with van der Waals surface area (Å²) in [6.45, 7) is 5.55. The number of halogens is 1. The van der Waals surface area contributed by atoms with E-state index in [0.29, 0.717) is 47.7 Å². The van der Waals surface area contributed by atoms with Gasteiger partial charge in [-0.3, -0.25) is 9.69 Å². The van der Waals surface area contributed by atoms with Crippen LogP contribution in [-0.4, -0.2) is 76.6 Å². The van der Waals surface area contributed by atoms with Crippen molar-refractivity contribution in [2.45, 2.75) is 19.4 Å². The van der Waals surface area contributed by atoms with E-state index < -0.39 is 0 Å². The third-order valence-electron chi connectivity index (χ3n) is 6.20. The highest BCUT2D eigenvalue weighted by atomic mass is 35.5. The first-order valence-corrected chi connectivity index (χ1v) is 12.0. The number of hydrogen-bond donors (Lipinski definition) is 2. The first-order valence-electron chi connectivity index (χ1n) is 11.6. The van der Waals surface area contributed by atoms with Gasteiger partial charge in [0.1, 0.15) is 0 Å². The minimum atomic E-state index is -0.311. The SMILES string of the molecule is NC(=O)CN1CCN(c2nc(N3CCCC3)c3nc(Cl)c(NCc4ccccc4)nc3n2)CC1. The van der Waals surface area contributed by atoms with E-state index in [1.54, 1.807) is 0 Å². The van der Waals surface area contributed by atoms with Gasteiger partial charge in [0, 0.05) is 45.8 Å². The van der Waals surface area contributed by atoms with Crippen molar-refractivity contribution < 1.29 is 4.79 Å². The van der Waals surface area contributed by atoms with Gasteiger partial charge < -0.3 is 20.9 Å². The van der Waals surface area contributed by atoms with E-state index in [0.717, 1.165) is 50.4 Å². The Morgan fingerprint density at radius 3 is 2.38 bits per heavy atom. The molecule has 3 aromatic rings. The Hall–Kier alpha value is -3.24. The molecule has 1 amide bonds. The molecule has 0 radical (unpaired) electrons. The lowest BCUT2D eigenvalue weighted by Crippen LogP contribution is -2.49.